The molecule has 76 valence electrons. The number of aliphatic hydroxyl groups excluding tert-OH is 1. The van der Waals surface area contributed by atoms with Crippen LogP contribution in [-0.2, 0) is 0 Å². The van der Waals surface area contributed by atoms with Crippen LogP contribution in [0.5, 0.6) is 0 Å². The molecule has 14 heavy (non-hydrogen) atoms. The van der Waals surface area contributed by atoms with Crippen LogP contribution in [0.2, 0.25) is 5.02 Å². The number of halogens is 1. The summed E-state index contributed by atoms with van der Waals surface area (Å²) in [4.78, 5) is 15.2. The predicted molar refractivity (Wildman–Crippen MR) is 53.3 cm³/mol. The van der Waals surface area contributed by atoms with Crippen LogP contribution in [0.4, 0.5) is 0 Å². The van der Waals surface area contributed by atoms with Crippen molar-refractivity contribution in [2.45, 2.75) is 13.0 Å². The Balaban J connectivity index is 2.61. The van der Waals surface area contributed by atoms with E-state index >= 15 is 0 Å². The minimum atomic E-state index is -0.571. The molecule has 0 bridgehead atoms. The van der Waals surface area contributed by atoms with Crippen LogP contribution in [0, 0.1) is 0 Å². The summed E-state index contributed by atoms with van der Waals surface area (Å²) in [6.07, 6.45) is 0.887. The van der Waals surface area contributed by atoms with Gasteiger partial charge in [-0.25, -0.2) is 0 Å². The number of aromatic nitrogens is 1. The highest BCUT2D eigenvalue weighted by Crippen LogP contribution is 2.07. The number of nitrogens with zero attached hydrogens (tertiary/aromatic N) is 1. The lowest BCUT2D eigenvalue weighted by Crippen LogP contribution is -2.31. The van der Waals surface area contributed by atoms with E-state index in [1.54, 1.807) is 13.0 Å². The van der Waals surface area contributed by atoms with Crippen molar-refractivity contribution in [2.24, 2.45) is 0 Å². The third-order valence-electron chi connectivity index (χ3n) is 1.51. The zero-order chi connectivity index (χ0) is 10.6. The van der Waals surface area contributed by atoms with Gasteiger partial charge >= 0.3 is 0 Å². The fourth-order valence-electron chi connectivity index (χ4n) is 0.860. The summed E-state index contributed by atoms with van der Waals surface area (Å²) in [6, 6.07) is 3.06. The number of amides is 1. The van der Waals surface area contributed by atoms with Gasteiger partial charge in [0.2, 0.25) is 0 Å². The van der Waals surface area contributed by atoms with E-state index in [4.69, 9.17) is 16.7 Å². The molecule has 1 aromatic rings. The van der Waals surface area contributed by atoms with Crippen LogP contribution >= 0.6 is 11.6 Å². The van der Waals surface area contributed by atoms with Crippen molar-refractivity contribution in [1.82, 2.24) is 10.3 Å². The molecule has 0 saturated carbocycles. The first kappa shape index (κ1) is 10.9. The average molecular weight is 215 g/mol. The van der Waals surface area contributed by atoms with Gasteiger partial charge in [0, 0.05) is 17.8 Å². The van der Waals surface area contributed by atoms with Gasteiger partial charge in [0.15, 0.2) is 0 Å². The lowest BCUT2D eigenvalue weighted by Gasteiger charge is -2.06. The van der Waals surface area contributed by atoms with E-state index in [2.05, 4.69) is 10.3 Å². The molecule has 0 aliphatic carbocycles. The number of rotatable bonds is 3. The van der Waals surface area contributed by atoms with E-state index in [1.165, 1.54) is 12.3 Å². The van der Waals surface area contributed by atoms with Gasteiger partial charge in [0.05, 0.1) is 6.10 Å². The highest BCUT2D eigenvalue weighted by Gasteiger charge is 2.07. The molecule has 0 aromatic carbocycles. The first-order chi connectivity index (χ1) is 6.59. The largest absolute Gasteiger partial charge is 0.392 e. The standard InChI is InChI=1S/C9H11ClN2O2/c1-6(13)5-12-9(14)8-4-7(10)2-3-11-8/h2-4,6,13H,5H2,1H3,(H,12,14)/t6-/m1/s1. The molecule has 5 heteroatoms. The van der Waals surface area contributed by atoms with Crippen molar-refractivity contribution >= 4 is 17.5 Å². The fourth-order valence-corrected chi connectivity index (χ4v) is 1.02. The Morgan fingerprint density at radius 2 is 2.50 bits per heavy atom. The third kappa shape index (κ3) is 3.32. The molecule has 0 aliphatic heterocycles. The number of nitrogens with one attached hydrogen (secondary N) is 1. The molecule has 2 N–H and O–H groups in total. The van der Waals surface area contributed by atoms with Crippen LogP contribution in [0.3, 0.4) is 0 Å². The van der Waals surface area contributed by atoms with Gasteiger partial charge in [-0.1, -0.05) is 11.6 Å². The molecular weight excluding hydrogens is 204 g/mol. The van der Waals surface area contributed by atoms with E-state index in [0.29, 0.717) is 5.02 Å². The smallest absolute Gasteiger partial charge is 0.270 e. The van der Waals surface area contributed by atoms with Crippen LogP contribution in [0.1, 0.15) is 17.4 Å². The van der Waals surface area contributed by atoms with E-state index < -0.39 is 6.10 Å². The molecule has 1 amide bonds. The summed E-state index contributed by atoms with van der Waals surface area (Å²) >= 11 is 5.68. The van der Waals surface area contributed by atoms with Gasteiger partial charge in [0.25, 0.3) is 5.91 Å². The Morgan fingerprint density at radius 3 is 3.07 bits per heavy atom. The Bertz CT molecular complexity index is 328. The fraction of sp³-hybridized carbons (Fsp3) is 0.333. The van der Waals surface area contributed by atoms with E-state index in [-0.39, 0.29) is 18.1 Å². The molecule has 0 aliphatic rings. The molecule has 1 heterocycles. The Hall–Kier alpha value is -1.13. The average Bonchev–Trinajstić information content (AvgIpc) is 2.14. The van der Waals surface area contributed by atoms with Gasteiger partial charge in [0.1, 0.15) is 5.69 Å². The molecular formula is C9H11ClN2O2. The minimum absolute atomic E-state index is 0.201. The number of hydrogen-bond donors (Lipinski definition) is 2. The maximum atomic E-state index is 11.4. The SMILES string of the molecule is C[C@@H](O)CNC(=O)c1cc(Cl)ccn1. The normalized spacial score (nSPS) is 12.2. The second-order valence-corrected chi connectivity index (χ2v) is 3.35. The summed E-state index contributed by atoms with van der Waals surface area (Å²) in [7, 11) is 0. The van der Waals surface area contributed by atoms with Crippen LogP contribution in [0.15, 0.2) is 18.3 Å². The highest BCUT2D eigenvalue weighted by molar-refractivity contribution is 6.30. The molecule has 1 aromatic heterocycles. The lowest BCUT2D eigenvalue weighted by atomic mass is 10.3. The number of aliphatic hydroxyl groups is 1. The topological polar surface area (TPSA) is 62.2 Å². The van der Waals surface area contributed by atoms with E-state index in [1.807, 2.05) is 0 Å². The summed E-state index contributed by atoms with van der Waals surface area (Å²) in [5.41, 5.74) is 0.248. The maximum Gasteiger partial charge on any atom is 0.270 e. The van der Waals surface area contributed by atoms with E-state index in [9.17, 15) is 4.79 Å². The first-order valence-corrected chi connectivity index (χ1v) is 4.55. The van der Waals surface area contributed by atoms with Gasteiger partial charge in [-0.3, -0.25) is 9.78 Å². The molecule has 0 unspecified atom stereocenters. The molecule has 0 saturated heterocycles. The number of carbonyl (C=O) groups excluding carboxylic acids is 1. The molecule has 0 spiro atoms. The molecule has 1 rings (SSSR count). The Morgan fingerprint density at radius 1 is 1.79 bits per heavy atom. The maximum absolute atomic E-state index is 11.4. The van der Waals surface area contributed by atoms with Gasteiger partial charge in [-0.05, 0) is 19.1 Å². The first-order valence-electron chi connectivity index (χ1n) is 4.17. The second kappa shape index (κ2) is 4.93. The van der Waals surface area contributed by atoms with Gasteiger partial charge < -0.3 is 10.4 Å². The Labute approximate surface area is 86.9 Å². The highest BCUT2D eigenvalue weighted by atomic mass is 35.5. The van der Waals surface area contributed by atoms with Crippen molar-refractivity contribution in [3.8, 4) is 0 Å². The van der Waals surface area contributed by atoms with Crippen molar-refractivity contribution in [1.29, 1.82) is 0 Å². The van der Waals surface area contributed by atoms with Gasteiger partial charge in [-0.15, -0.1) is 0 Å². The number of pyridine rings is 1. The number of carbonyl (C=O) groups is 1. The lowest BCUT2D eigenvalue weighted by molar-refractivity contribution is 0.0919. The second-order valence-electron chi connectivity index (χ2n) is 2.92. The van der Waals surface area contributed by atoms with Crippen molar-refractivity contribution in [3.63, 3.8) is 0 Å². The monoisotopic (exact) mass is 214 g/mol. The van der Waals surface area contributed by atoms with Crippen LogP contribution in [-0.4, -0.2) is 28.6 Å². The molecule has 1 atom stereocenters. The zero-order valence-electron chi connectivity index (χ0n) is 7.70. The molecule has 0 fully saturated rings. The van der Waals surface area contributed by atoms with E-state index in [0.717, 1.165) is 0 Å². The van der Waals surface area contributed by atoms with Crippen molar-refractivity contribution in [2.75, 3.05) is 6.54 Å². The van der Waals surface area contributed by atoms with Crippen molar-refractivity contribution < 1.29 is 9.90 Å². The summed E-state index contributed by atoms with van der Waals surface area (Å²) in [6.45, 7) is 1.79. The predicted octanol–water partition coefficient (Wildman–Crippen LogP) is 0.846. The summed E-state index contributed by atoms with van der Waals surface area (Å²) in [5.74, 6) is -0.339. The summed E-state index contributed by atoms with van der Waals surface area (Å²) < 4.78 is 0. The van der Waals surface area contributed by atoms with Gasteiger partial charge in [-0.2, -0.15) is 0 Å². The minimum Gasteiger partial charge on any atom is -0.392 e. The molecule has 4 nitrogen and oxygen atoms in total. The van der Waals surface area contributed by atoms with Crippen molar-refractivity contribution in [3.05, 3.63) is 29.0 Å². The third-order valence-corrected chi connectivity index (χ3v) is 1.75. The van der Waals surface area contributed by atoms with Crippen LogP contribution < -0.4 is 5.32 Å². The molecule has 0 radical (unpaired) electrons. The summed E-state index contributed by atoms with van der Waals surface area (Å²) in [5, 5.41) is 11.9. The number of hydrogen-bond acceptors (Lipinski definition) is 3. The quantitative estimate of drug-likeness (QED) is 0.784. The zero-order valence-corrected chi connectivity index (χ0v) is 8.45. The Kier molecular flexibility index (Phi) is 3.85. The van der Waals surface area contributed by atoms with Crippen LogP contribution in [0.25, 0.3) is 0 Å².